The average molecular weight is 551 g/mol. The Hall–Kier alpha value is -3.39. The number of halogens is 1. The van der Waals surface area contributed by atoms with Gasteiger partial charge in [-0.15, -0.1) is 5.10 Å². The van der Waals surface area contributed by atoms with Gasteiger partial charge in [0.15, 0.2) is 4.90 Å². The van der Waals surface area contributed by atoms with E-state index in [4.69, 9.17) is 21.1 Å². The van der Waals surface area contributed by atoms with Crippen molar-refractivity contribution in [3.8, 4) is 11.8 Å². The maximum absolute atomic E-state index is 13.3. The Morgan fingerprint density at radius 3 is 2.44 bits per heavy atom. The zero-order valence-electron chi connectivity index (χ0n) is 19.5. The summed E-state index contributed by atoms with van der Waals surface area (Å²) in [5, 5.41) is 11.1. The summed E-state index contributed by atoms with van der Waals surface area (Å²) in [5.41, 5.74) is 0.636. The Morgan fingerprint density at radius 2 is 1.81 bits per heavy atom. The van der Waals surface area contributed by atoms with Crippen molar-refractivity contribution in [1.82, 2.24) is 14.7 Å². The van der Waals surface area contributed by atoms with Crippen LogP contribution in [0.4, 0.5) is 5.95 Å². The highest BCUT2D eigenvalue weighted by atomic mass is 35.5. The number of nitrogens with zero attached hydrogens (tertiary/aromatic N) is 4. The second kappa shape index (κ2) is 12.5. The molecule has 0 amide bonds. The van der Waals surface area contributed by atoms with E-state index in [1.807, 2.05) is 0 Å². The van der Waals surface area contributed by atoms with Crippen molar-refractivity contribution >= 4 is 50.9 Å². The maximum Gasteiger partial charge on any atom is 0.269 e. The van der Waals surface area contributed by atoms with Crippen LogP contribution in [0.2, 0.25) is 5.02 Å². The minimum atomic E-state index is -4.25. The van der Waals surface area contributed by atoms with E-state index in [2.05, 4.69) is 30.2 Å². The van der Waals surface area contributed by atoms with Crippen molar-refractivity contribution in [3.05, 3.63) is 65.2 Å². The highest BCUT2D eigenvalue weighted by Crippen LogP contribution is 2.22. The summed E-state index contributed by atoms with van der Waals surface area (Å²) in [7, 11) is -1.44. The fourth-order valence-electron chi connectivity index (χ4n) is 2.78. The van der Waals surface area contributed by atoms with E-state index >= 15 is 0 Å². The molecular formula is C22H23ClN6O5S2. The summed E-state index contributed by atoms with van der Waals surface area (Å²) < 4.78 is 51.6. The van der Waals surface area contributed by atoms with Crippen LogP contribution >= 0.6 is 11.6 Å². The summed E-state index contributed by atoms with van der Waals surface area (Å²) >= 11 is 4.47. The maximum atomic E-state index is 13.3. The summed E-state index contributed by atoms with van der Waals surface area (Å²) in [4.78, 5) is 8.24. The molecule has 0 saturated carbocycles. The molecule has 1 unspecified atom stereocenters. The largest absolute Gasteiger partial charge is 0.611 e. The van der Waals surface area contributed by atoms with Crippen LogP contribution in [0.25, 0.3) is 0 Å². The summed E-state index contributed by atoms with van der Waals surface area (Å²) in [6.45, 7) is 1.69. The quantitative estimate of drug-likeness (QED) is 0.178. The zero-order valence-corrected chi connectivity index (χ0v) is 21.9. The molecule has 11 nitrogen and oxygen atoms in total. The second-order valence-corrected chi connectivity index (χ2v) is 10.6. The first-order valence-electron chi connectivity index (χ1n) is 10.4. The summed E-state index contributed by atoms with van der Waals surface area (Å²) in [5.74, 6) is 0.166. The number of rotatable bonds is 9. The number of ether oxygens (including phenoxy) is 2. The first kappa shape index (κ1) is 27.2. The summed E-state index contributed by atoms with van der Waals surface area (Å²) in [6.07, 6.45) is 1.38. The van der Waals surface area contributed by atoms with Crippen LogP contribution in [0.5, 0.6) is 11.8 Å². The molecule has 3 aromatic rings. The molecule has 2 N–H and O–H groups in total. The van der Waals surface area contributed by atoms with Gasteiger partial charge < -0.3 is 14.0 Å². The topological polar surface area (TPSA) is 150 Å². The molecule has 36 heavy (non-hydrogen) atoms. The van der Waals surface area contributed by atoms with Crippen LogP contribution in [0.1, 0.15) is 12.5 Å². The molecule has 3 rings (SSSR count). The van der Waals surface area contributed by atoms with E-state index in [9.17, 15) is 13.0 Å². The minimum Gasteiger partial charge on any atom is -0.611 e. The SMILES string of the molecule is CC[S+]([O-])c1ccccc1S(=O)(=O)NC(=NN=Cc1cccc(Cl)c1)Nc1nc(OC)cc(OC)n1. The molecule has 0 spiro atoms. The van der Waals surface area contributed by atoms with Gasteiger partial charge in [-0.25, -0.2) is 13.1 Å². The van der Waals surface area contributed by atoms with Gasteiger partial charge in [0.25, 0.3) is 10.0 Å². The van der Waals surface area contributed by atoms with E-state index in [-0.39, 0.29) is 39.2 Å². The fraction of sp³-hybridized carbons (Fsp3) is 0.182. The molecule has 0 aliphatic rings. The van der Waals surface area contributed by atoms with Gasteiger partial charge in [0, 0.05) is 5.02 Å². The Labute approximate surface area is 216 Å². The lowest BCUT2D eigenvalue weighted by Gasteiger charge is -2.15. The Kier molecular flexibility index (Phi) is 9.47. The number of guanidine groups is 1. The van der Waals surface area contributed by atoms with Crippen LogP contribution in [-0.4, -0.2) is 55.1 Å². The second-order valence-electron chi connectivity index (χ2n) is 6.84. The number of hydrogen-bond acceptors (Lipinski definition) is 9. The van der Waals surface area contributed by atoms with E-state index < -0.39 is 21.2 Å². The Balaban J connectivity index is 2.00. The van der Waals surface area contributed by atoms with Crippen LogP contribution in [-0.2, 0) is 21.2 Å². The number of benzene rings is 2. The zero-order chi connectivity index (χ0) is 26.1. The number of methoxy groups -OCH3 is 2. The normalized spacial score (nSPS) is 12.9. The fourth-order valence-corrected chi connectivity index (χ4v) is 5.47. The highest BCUT2D eigenvalue weighted by Gasteiger charge is 2.26. The molecule has 14 heteroatoms. The molecule has 0 fully saturated rings. The van der Waals surface area contributed by atoms with E-state index in [1.54, 1.807) is 37.3 Å². The minimum absolute atomic E-state index is 0.0731. The van der Waals surface area contributed by atoms with Crippen molar-refractivity contribution in [2.24, 2.45) is 10.2 Å². The first-order valence-corrected chi connectivity index (χ1v) is 13.5. The molecule has 2 aromatic carbocycles. The first-order chi connectivity index (χ1) is 17.2. The van der Waals surface area contributed by atoms with Crippen molar-refractivity contribution in [3.63, 3.8) is 0 Å². The van der Waals surface area contributed by atoms with Gasteiger partial charge in [0.1, 0.15) is 10.6 Å². The number of hydrogen-bond donors (Lipinski definition) is 2. The third-order valence-electron chi connectivity index (χ3n) is 4.42. The molecule has 0 radical (unpaired) electrons. The molecule has 0 saturated heterocycles. The van der Waals surface area contributed by atoms with Crippen LogP contribution < -0.4 is 19.5 Å². The predicted molar refractivity (Wildman–Crippen MR) is 139 cm³/mol. The highest BCUT2D eigenvalue weighted by molar-refractivity contribution is 7.93. The van der Waals surface area contributed by atoms with Gasteiger partial charge >= 0.3 is 0 Å². The molecule has 1 aromatic heterocycles. The molecule has 0 aliphatic carbocycles. The average Bonchev–Trinajstić information content (AvgIpc) is 2.87. The summed E-state index contributed by atoms with van der Waals surface area (Å²) in [6, 6.07) is 14.3. The van der Waals surface area contributed by atoms with Gasteiger partial charge in [-0.2, -0.15) is 15.1 Å². The van der Waals surface area contributed by atoms with Crippen LogP contribution in [0.3, 0.4) is 0 Å². The molecule has 0 bridgehead atoms. The van der Waals surface area contributed by atoms with E-state index in [1.165, 1.54) is 44.7 Å². The van der Waals surface area contributed by atoms with Gasteiger partial charge in [-0.05, 0) is 47.9 Å². The third-order valence-corrected chi connectivity index (χ3v) is 7.55. The van der Waals surface area contributed by atoms with Crippen molar-refractivity contribution in [1.29, 1.82) is 0 Å². The Bertz CT molecular complexity index is 1350. The lowest BCUT2D eigenvalue weighted by atomic mass is 10.2. The lowest BCUT2D eigenvalue weighted by Crippen LogP contribution is -2.37. The van der Waals surface area contributed by atoms with Gasteiger partial charge in [-0.3, -0.25) is 5.32 Å². The van der Waals surface area contributed by atoms with Gasteiger partial charge in [0.05, 0.1) is 26.5 Å². The molecule has 1 atom stereocenters. The molecule has 0 aliphatic heterocycles. The van der Waals surface area contributed by atoms with Crippen molar-refractivity contribution < 1.29 is 22.4 Å². The monoisotopic (exact) mass is 550 g/mol. The Morgan fingerprint density at radius 1 is 1.11 bits per heavy atom. The van der Waals surface area contributed by atoms with E-state index in [0.29, 0.717) is 10.6 Å². The molecular weight excluding hydrogens is 528 g/mol. The van der Waals surface area contributed by atoms with E-state index in [0.717, 1.165) is 0 Å². The lowest BCUT2D eigenvalue weighted by molar-refractivity contribution is 0.373. The number of nitrogens with one attached hydrogen (secondary N) is 2. The standard InChI is InChI=1S/C22H23ClN6O5S2/c1-4-35(30)17-10-5-6-11-18(17)36(31,32)29-22(28-24-14-15-8-7-9-16(23)12-15)27-21-25-19(33-2)13-20(26-21)34-3/h5-14H,4H2,1-3H3,(H2,25,26,27,28,29). The van der Waals surface area contributed by atoms with Crippen LogP contribution in [0, 0.1) is 0 Å². The number of sulfonamides is 1. The van der Waals surface area contributed by atoms with Crippen LogP contribution in [0.15, 0.2) is 74.6 Å². The van der Waals surface area contributed by atoms with Crippen molar-refractivity contribution in [2.75, 3.05) is 25.3 Å². The number of aromatic nitrogens is 2. The molecule has 190 valence electrons. The van der Waals surface area contributed by atoms with Gasteiger partial charge in [-0.1, -0.05) is 35.9 Å². The third kappa shape index (κ3) is 7.31. The number of anilines is 1. The van der Waals surface area contributed by atoms with Gasteiger partial charge in [0.2, 0.25) is 23.7 Å². The van der Waals surface area contributed by atoms with Crippen molar-refractivity contribution in [2.45, 2.75) is 16.7 Å². The molecule has 1 heterocycles. The smallest absolute Gasteiger partial charge is 0.269 e. The predicted octanol–water partition coefficient (Wildman–Crippen LogP) is 3.06.